The average molecular weight is 429 g/mol. The Hall–Kier alpha value is -2.34. The van der Waals surface area contributed by atoms with E-state index in [1.165, 1.54) is 0 Å². The zero-order valence-corrected chi connectivity index (χ0v) is 17.0. The fourth-order valence-corrected chi connectivity index (χ4v) is 4.86. The third-order valence-electron chi connectivity index (χ3n) is 5.87. The van der Waals surface area contributed by atoms with E-state index in [1.54, 1.807) is 13.2 Å². The van der Waals surface area contributed by atoms with Gasteiger partial charge in [-0.2, -0.15) is 0 Å². The summed E-state index contributed by atoms with van der Waals surface area (Å²) in [6.45, 7) is 4.00. The van der Waals surface area contributed by atoms with Crippen molar-refractivity contribution in [2.24, 2.45) is 5.92 Å². The zero-order valence-electron chi connectivity index (χ0n) is 15.5. The molecule has 2 aliphatic rings. The van der Waals surface area contributed by atoms with Gasteiger partial charge in [-0.1, -0.05) is 28.1 Å². The number of nitro benzene ring substituents is 1. The summed E-state index contributed by atoms with van der Waals surface area (Å²) in [4.78, 5) is 11.5. The van der Waals surface area contributed by atoms with Crippen LogP contribution in [-0.2, 0) is 0 Å². The summed E-state index contributed by atoms with van der Waals surface area (Å²) >= 11 is 3.55. The lowest BCUT2D eigenvalue weighted by Crippen LogP contribution is -2.30. The van der Waals surface area contributed by atoms with Crippen LogP contribution in [0.5, 0.6) is 5.75 Å². The average Bonchev–Trinajstić information content (AvgIpc) is 3.13. The minimum Gasteiger partial charge on any atom is -0.496 e. The van der Waals surface area contributed by atoms with Gasteiger partial charge in [0.25, 0.3) is 5.69 Å². The van der Waals surface area contributed by atoms with E-state index in [0.29, 0.717) is 11.6 Å². The Morgan fingerprint density at radius 3 is 2.78 bits per heavy atom. The van der Waals surface area contributed by atoms with Crippen LogP contribution in [0.3, 0.4) is 0 Å². The number of nitro groups is 1. The molecule has 5 nitrogen and oxygen atoms in total. The van der Waals surface area contributed by atoms with Crippen LogP contribution < -0.4 is 10.1 Å². The van der Waals surface area contributed by atoms with Crippen LogP contribution in [0, 0.1) is 29.9 Å². The van der Waals surface area contributed by atoms with Crippen molar-refractivity contribution in [3.8, 4) is 5.75 Å². The number of anilines is 1. The molecule has 6 heteroatoms. The summed E-state index contributed by atoms with van der Waals surface area (Å²) in [6, 6.07) is 7.53. The van der Waals surface area contributed by atoms with Crippen molar-refractivity contribution in [3.63, 3.8) is 0 Å². The molecule has 0 saturated heterocycles. The summed E-state index contributed by atoms with van der Waals surface area (Å²) < 4.78 is 6.56. The predicted octanol–water partition coefficient (Wildman–Crippen LogP) is 5.81. The lowest BCUT2D eigenvalue weighted by Gasteiger charge is -2.38. The van der Waals surface area contributed by atoms with Crippen LogP contribution in [0.2, 0.25) is 0 Å². The number of aryl methyl sites for hydroxylation is 1. The van der Waals surface area contributed by atoms with E-state index in [0.717, 1.165) is 38.9 Å². The van der Waals surface area contributed by atoms with Crippen LogP contribution >= 0.6 is 15.9 Å². The Kier molecular flexibility index (Phi) is 4.46. The largest absolute Gasteiger partial charge is 0.496 e. The number of ether oxygens (including phenoxy) is 1. The predicted molar refractivity (Wildman–Crippen MR) is 110 cm³/mol. The van der Waals surface area contributed by atoms with Gasteiger partial charge in [-0.05, 0) is 61.1 Å². The second-order valence-electron chi connectivity index (χ2n) is 7.25. The first-order chi connectivity index (χ1) is 12.9. The molecule has 140 valence electrons. The van der Waals surface area contributed by atoms with Gasteiger partial charge in [0.05, 0.1) is 18.1 Å². The maximum Gasteiger partial charge on any atom is 0.292 e. The molecule has 0 spiro atoms. The third-order valence-corrected chi connectivity index (χ3v) is 6.37. The first-order valence-corrected chi connectivity index (χ1v) is 9.76. The molecule has 3 atom stereocenters. The minimum atomic E-state index is -0.285. The number of hydrogen-bond acceptors (Lipinski definition) is 4. The van der Waals surface area contributed by atoms with Crippen LogP contribution in [0.4, 0.5) is 11.4 Å². The number of methoxy groups -OCH3 is 1. The first-order valence-electron chi connectivity index (χ1n) is 8.97. The number of halogens is 1. The Morgan fingerprint density at radius 2 is 2.07 bits per heavy atom. The topological polar surface area (TPSA) is 64.4 Å². The normalized spacial score (nSPS) is 22.7. The maximum atomic E-state index is 11.8. The lowest BCUT2D eigenvalue weighted by molar-refractivity contribution is -0.384. The van der Waals surface area contributed by atoms with Crippen molar-refractivity contribution >= 4 is 27.3 Å². The van der Waals surface area contributed by atoms with E-state index in [9.17, 15) is 10.1 Å². The van der Waals surface area contributed by atoms with E-state index in [-0.39, 0.29) is 22.6 Å². The summed E-state index contributed by atoms with van der Waals surface area (Å²) in [7, 11) is 1.66. The summed E-state index contributed by atoms with van der Waals surface area (Å²) in [5.41, 5.74) is 4.95. The quantitative estimate of drug-likeness (QED) is 0.380. The van der Waals surface area contributed by atoms with Gasteiger partial charge in [0.15, 0.2) is 0 Å². The highest BCUT2D eigenvalue weighted by Crippen LogP contribution is 2.54. The summed E-state index contributed by atoms with van der Waals surface area (Å²) in [5.74, 6) is 1.24. The van der Waals surface area contributed by atoms with Gasteiger partial charge in [-0.15, -0.1) is 0 Å². The Morgan fingerprint density at radius 1 is 1.30 bits per heavy atom. The Labute approximate surface area is 166 Å². The number of allylic oxidation sites excluding steroid dienone is 2. The fraction of sp³-hybridized carbons (Fsp3) is 0.333. The Bertz CT molecular complexity index is 970. The lowest BCUT2D eigenvalue weighted by atomic mass is 9.74. The van der Waals surface area contributed by atoms with Gasteiger partial charge in [-0.25, -0.2) is 0 Å². The molecular formula is C21H21BrN2O3. The van der Waals surface area contributed by atoms with Crippen molar-refractivity contribution in [3.05, 3.63) is 73.3 Å². The zero-order chi connectivity index (χ0) is 19.3. The van der Waals surface area contributed by atoms with Gasteiger partial charge >= 0.3 is 0 Å². The number of rotatable bonds is 3. The maximum absolute atomic E-state index is 11.8. The van der Waals surface area contributed by atoms with Gasteiger partial charge in [-0.3, -0.25) is 10.1 Å². The van der Waals surface area contributed by atoms with Gasteiger partial charge in [0.1, 0.15) is 11.4 Å². The standard InChI is InChI=1S/C21H21BrN2O3/c1-11-9-17(24(25)26)21-19(12(11)2)14-5-4-6-15(14)20(23-21)16-10-13(22)7-8-18(16)27-3/h4-5,7-10,14-15,20,23H,6H2,1-3H3/t14-,15-,20+/m0/s1. The van der Waals surface area contributed by atoms with E-state index < -0.39 is 0 Å². The number of nitrogens with zero attached hydrogens (tertiary/aromatic N) is 1. The fourth-order valence-electron chi connectivity index (χ4n) is 4.48. The summed E-state index contributed by atoms with van der Waals surface area (Å²) in [5, 5.41) is 15.3. The van der Waals surface area contributed by atoms with Crippen molar-refractivity contribution in [1.29, 1.82) is 0 Å². The van der Waals surface area contributed by atoms with Crippen LogP contribution in [0.25, 0.3) is 0 Å². The number of nitrogens with one attached hydrogen (secondary N) is 1. The number of benzene rings is 2. The SMILES string of the molecule is COc1ccc(Br)cc1[C@@H]1Nc2c([N+](=O)[O-])cc(C)c(C)c2[C@H]2C=CC[C@@H]21. The highest BCUT2D eigenvalue weighted by molar-refractivity contribution is 9.10. The molecule has 0 fully saturated rings. The Balaban J connectivity index is 1.93. The molecule has 1 aliphatic carbocycles. The van der Waals surface area contributed by atoms with E-state index in [2.05, 4.69) is 40.3 Å². The molecule has 1 aliphatic heterocycles. The monoisotopic (exact) mass is 428 g/mol. The molecule has 2 aromatic rings. The molecular weight excluding hydrogens is 408 g/mol. The number of fused-ring (bicyclic) bond motifs is 3. The molecule has 0 aromatic heterocycles. The van der Waals surface area contributed by atoms with Crippen LogP contribution in [-0.4, -0.2) is 12.0 Å². The molecule has 27 heavy (non-hydrogen) atoms. The summed E-state index contributed by atoms with van der Waals surface area (Å²) in [6.07, 6.45) is 5.33. The van der Waals surface area contributed by atoms with E-state index >= 15 is 0 Å². The number of hydrogen-bond donors (Lipinski definition) is 1. The van der Waals surface area contributed by atoms with Gasteiger partial charge in [0.2, 0.25) is 0 Å². The molecule has 4 rings (SSSR count). The molecule has 0 unspecified atom stereocenters. The smallest absolute Gasteiger partial charge is 0.292 e. The highest BCUT2D eigenvalue weighted by atomic mass is 79.9. The van der Waals surface area contributed by atoms with Crippen LogP contribution in [0.1, 0.15) is 40.6 Å². The molecule has 1 N–H and O–H groups in total. The minimum absolute atomic E-state index is 0.0641. The van der Waals surface area contributed by atoms with Crippen molar-refractivity contribution in [2.75, 3.05) is 12.4 Å². The second kappa shape index (κ2) is 6.68. The van der Waals surface area contributed by atoms with E-state index in [4.69, 9.17) is 4.74 Å². The third kappa shape index (κ3) is 2.83. The molecule has 0 saturated carbocycles. The van der Waals surface area contributed by atoms with E-state index in [1.807, 2.05) is 25.1 Å². The van der Waals surface area contributed by atoms with Gasteiger partial charge in [0, 0.05) is 22.0 Å². The van der Waals surface area contributed by atoms with Crippen molar-refractivity contribution < 1.29 is 9.66 Å². The molecule has 0 amide bonds. The molecule has 0 bridgehead atoms. The second-order valence-corrected chi connectivity index (χ2v) is 8.16. The van der Waals surface area contributed by atoms with Crippen LogP contribution in [0.15, 0.2) is 40.9 Å². The van der Waals surface area contributed by atoms with Gasteiger partial charge < -0.3 is 10.1 Å². The first kappa shape index (κ1) is 18.0. The molecule has 0 radical (unpaired) electrons. The van der Waals surface area contributed by atoms with Crippen molar-refractivity contribution in [1.82, 2.24) is 0 Å². The molecule has 1 heterocycles. The highest BCUT2D eigenvalue weighted by Gasteiger charge is 2.42. The van der Waals surface area contributed by atoms with Crippen molar-refractivity contribution in [2.45, 2.75) is 32.2 Å². The molecule has 2 aromatic carbocycles.